The standard InChI is InChI=1S/C18H27N3O3/c1-13-17(19-8-10-24-13)18(22)20-14-5-4-9-21(12-14)15-6-3-7-16(11-15)23-2/h3,6-7,11,13-14,17,19H,4-5,8-10,12H2,1-2H3,(H,20,22)/t13-,14?,17+/m1/s1. The molecule has 2 saturated heterocycles. The molecule has 24 heavy (non-hydrogen) atoms. The Hall–Kier alpha value is -1.79. The molecule has 2 fully saturated rings. The van der Waals surface area contributed by atoms with Gasteiger partial charge in [0.25, 0.3) is 0 Å². The molecule has 3 atom stereocenters. The molecule has 132 valence electrons. The lowest BCUT2D eigenvalue weighted by Crippen LogP contribution is -2.58. The Labute approximate surface area is 143 Å². The smallest absolute Gasteiger partial charge is 0.240 e. The maximum Gasteiger partial charge on any atom is 0.240 e. The van der Waals surface area contributed by atoms with Gasteiger partial charge in [0, 0.05) is 37.4 Å². The SMILES string of the molecule is COc1cccc(N2CCCC(NC(=O)[C@H]3NCCO[C@@H]3C)C2)c1. The van der Waals surface area contributed by atoms with Gasteiger partial charge in [0.05, 0.1) is 19.8 Å². The summed E-state index contributed by atoms with van der Waals surface area (Å²) in [7, 11) is 1.68. The van der Waals surface area contributed by atoms with E-state index in [1.54, 1.807) is 7.11 Å². The van der Waals surface area contributed by atoms with Crippen LogP contribution in [0.5, 0.6) is 5.75 Å². The highest BCUT2D eigenvalue weighted by molar-refractivity contribution is 5.82. The van der Waals surface area contributed by atoms with Gasteiger partial charge in [-0.25, -0.2) is 0 Å². The van der Waals surface area contributed by atoms with Crippen LogP contribution >= 0.6 is 0 Å². The van der Waals surface area contributed by atoms with Crippen molar-refractivity contribution in [2.75, 3.05) is 38.3 Å². The molecule has 2 aliphatic rings. The predicted octanol–water partition coefficient (Wildman–Crippen LogP) is 1.16. The Balaban J connectivity index is 1.59. The number of hydrogen-bond acceptors (Lipinski definition) is 5. The molecule has 0 aliphatic carbocycles. The van der Waals surface area contributed by atoms with Crippen LogP contribution in [0.3, 0.4) is 0 Å². The van der Waals surface area contributed by atoms with Gasteiger partial charge in [0.2, 0.25) is 5.91 Å². The van der Waals surface area contributed by atoms with Gasteiger partial charge in [0.15, 0.2) is 0 Å². The van der Waals surface area contributed by atoms with Crippen molar-refractivity contribution in [2.45, 2.75) is 38.0 Å². The summed E-state index contributed by atoms with van der Waals surface area (Å²) in [6.45, 7) is 5.16. The maximum atomic E-state index is 12.5. The van der Waals surface area contributed by atoms with E-state index in [-0.39, 0.29) is 24.1 Å². The van der Waals surface area contributed by atoms with Crippen LogP contribution in [0.4, 0.5) is 5.69 Å². The molecule has 6 heteroatoms. The summed E-state index contributed by atoms with van der Waals surface area (Å²) in [6, 6.07) is 7.98. The van der Waals surface area contributed by atoms with Crippen LogP contribution in [0.25, 0.3) is 0 Å². The summed E-state index contributed by atoms with van der Waals surface area (Å²) in [5, 5.41) is 6.44. The third kappa shape index (κ3) is 3.99. The number of piperidine rings is 1. The molecule has 0 saturated carbocycles. The number of rotatable bonds is 4. The topological polar surface area (TPSA) is 62.8 Å². The third-order valence-electron chi connectivity index (χ3n) is 4.79. The predicted molar refractivity (Wildman–Crippen MR) is 93.6 cm³/mol. The number of carbonyl (C=O) groups excluding carboxylic acids is 1. The second kappa shape index (κ2) is 7.85. The molecule has 1 aromatic rings. The highest BCUT2D eigenvalue weighted by atomic mass is 16.5. The first-order valence-corrected chi connectivity index (χ1v) is 8.72. The number of anilines is 1. The van der Waals surface area contributed by atoms with Crippen molar-refractivity contribution >= 4 is 11.6 Å². The fourth-order valence-corrected chi connectivity index (χ4v) is 3.45. The minimum atomic E-state index is -0.258. The minimum absolute atomic E-state index is 0.0414. The first-order valence-electron chi connectivity index (χ1n) is 8.72. The molecule has 2 N–H and O–H groups in total. The molecule has 0 aromatic heterocycles. The van der Waals surface area contributed by atoms with Gasteiger partial charge in [0.1, 0.15) is 11.8 Å². The lowest BCUT2D eigenvalue weighted by atomic mass is 10.0. The van der Waals surface area contributed by atoms with Gasteiger partial charge < -0.3 is 25.0 Å². The normalized spacial score (nSPS) is 27.6. The molecule has 0 bridgehead atoms. The number of carbonyl (C=O) groups is 1. The quantitative estimate of drug-likeness (QED) is 0.866. The molecule has 0 spiro atoms. The molecular weight excluding hydrogens is 306 g/mol. The Bertz CT molecular complexity index is 566. The van der Waals surface area contributed by atoms with Crippen molar-refractivity contribution in [1.82, 2.24) is 10.6 Å². The molecule has 1 aromatic carbocycles. The van der Waals surface area contributed by atoms with Crippen LogP contribution in [0.1, 0.15) is 19.8 Å². The van der Waals surface area contributed by atoms with Crippen LogP contribution in [0, 0.1) is 0 Å². The molecule has 1 unspecified atom stereocenters. The van der Waals surface area contributed by atoms with Crippen molar-refractivity contribution in [1.29, 1.82) is 0 Å². The van der Waals surface area contributed by atoms with Crippen molar-refractivity contribution in [3.63, 3.8) is 0 Å². The number of nitrogens with zero attached hydrogens (tertiary/aromatic N) is 1. The van der Waals surface area contributed by atoms with Gasteiger partial charge in [-0.15, -0.1) is 0 Å². The minimum Gasteiger partial charge on any atom is -0.497 e. The van der Waals surface area contributed by atoms with Crippen molar-refractivity contribution in [2.24, 2.45) is 0 Å². The summed E-state index contributed by atoms with van der Waals surface area (Å²) in [4.78, 5) is 14.8. The Kier molecular flexibility index (Phi) is 5.58. The summed E-state index contributed by atoms with van der Waals surface area (Å²) in [6.07, 6.45) is 1.98. The van der Waals surface area contributed by atoms with E-state index < -0.39 is 0 Å². The van der Waals surface area contributed by atoms with Gasteiger partial charge in [-0.1, -0.05) is 6.07 Å². The average molecular weight is 333 g/mol. The van der Waals surface area contributed by atoms with Crippen LogP contribution < -0.4 is 20.3 Å². The summed E-state index contributed by atoms with van der Waals surface area (Å²) in [5.74, 6) is 0.899. The van der Waals surface area contributed by atoms with Crippen LogP contribution in [0.2, 0.25) is 0 Å². The highest BCUT2D eigenvalue weighted by Crippen LogP contribution is 2.24. The molecule has 2 heterocycles. The molecule has 2 aliphatic heterocycles. The maximum absolute atomic E-state index is 12.5. The fraction of sp³-hybridized carbons (Fsp3) is 0.611. The van der Waals surface area contributed by atoms with Gasteiger partial charge in [-0.2, -0.15) is 0 Å². The van der Waals surface area contributed by atoms with Crippen molar-refractivity contribution in [3.8, 4) is 5.75 Å². The van der Waals surface area contributed by atoms with Crippen LogP contribution in [-0.2, 0) is 9.53 Å². The Morgan fingerprint density at radius 1 is 1.46 bits per heavy atom. The molecule has 1 amide bonds. The lowest BCUT2D eigenvalue weighted by Gasteiger charge is -2.36. The summed E-state index contributed by atoms with van der Waals surface area (Å²) < 4.78 is 10.9. The summed E-state index contributed by atoms with van der Waals surface area (Å²) >= 11 is 0. The summed E-state index contributed by atoms with van der Waals surface area (Å²) in [5.41, 5.74) is 1.14. The number of ether oxygens (including phenoxy) is 2. The van der Waals surface area contributed by atoms with E-state index in [2.05, 4.69) is 21.6 Å². The highest BCUT2D eigenvalue weighted by Gasteiger charge is 2.30. The number of benzene rings is 1. The zero-order chi connectivity index (χ0) is 16.9. The van der Waals surface area contributed by atoms with E-state index in [1.165, 1.54) is 0 Å². The number of hydrogen-bond donors (Lipinski definition) is 2. The van der Waals surface area contributed by atoms with Crippen molar-refractivity contribution < 1.29 is 14.3 Å². The molecule has 3 rings (SSSR count). The van der Waals surface area contributed by atoms with Crippen molar-refractivity contribution in [3.05, 3.63) is 24.3 Å². The zero-order valence-corrected chi connectivity index (χ0v) is 14.5. The molecule has 0 radical (unpaired) electrons. The third-order valence-corrected chi connectivity index (χ3v) is 4.79. The van der Waals surface area contributed by atoms with E-state index in [1.807, 2.05) is 25.1 Å². The van der Waals surface area contributed by atoms with E-state index in [9.17, 15) is 4.79 Å². The largest absolute Gasteiger partial charge is 0.497 e. The number of methoxy groups -OCH3 is 1. The first kappa shape index (κ1) is 17.0. The van der Waals surface area contributed by atoms with Gasteiger partial charge >= 0.3 is 0 Å². The van der Waals surface area contributed by atoms with E-state index in [0.717, 1.165) is 43.9 Å². The zero-order valence-electron chi connectivity index (χ0n) is 14.5. The van der Waals surface area contributed by atoms with E-state index >= 15 is 0 Å². The lowest BCUT2D eigenvalue weighted by molar-refractivity contribution is -0.129. The Morgan fingerprint density at radius 3 is 3.12 bits per heavy atom. The fourth-order valence-electron chi connectivity index (χ4n) is 3.45. The molecule has 6 nitrogen and oxygen atoms in total. The molecular formula is C18H27N3O3. The second-order valence-corrected chi connectivity index (χ2v) is 6.50. The second-order valence-electron chi connectivity index (χ2n) is 6.50. The van der Waals surface area contributed by atoms with Gasteiger partial charge in [-0.3, -0.25) is 4.79 Å². The van der Waals surface area contributed by atoms with Crippen LogP contribution in [-0.4, -0.2) is 57.4 Å². The first-order chi connectivity index (χ1) is 11.7. The number of morpholine rings is 1. The Morgan fingerprint density at radius 2 is 2.33 bits per heavy atom. The monoisotopic (exact) mass is 333 g/mol. The van der Waals surface area contributed by atoms with E-state index in [0.29, 0.717) is 6.61 Å². The average Bonchev–Trinajstić information content (AvgIpc) is 2.62. The van der Waals surface area contributed by atoms with Crippen LogP contribution in [0.15, 0.2) is 24.3 Å². The number of amides is 1. The number of nitrogens with one attached hydrogen (secondary N) is 2. The van der Waals surface area contributed by atoms with E-state index in [4.69, 9.17) is 9.47 Å². The van der Waals surface area contributed by atoms with Gasteiger partial charge in [-0.05, 0) is 31.9 Å².